The lowest BCUT2D eigenvalue weighted by molar-refractivity contribution is -0.116. The van der Waals surface area contributed by atoms with Crippen LogP contribution in [0.15, 0.2) is 53.1 Å². The third kappa shape index (κ3) is 7.62. The first-order chi connectivity index (χ1) is 16.1. The molecule has 33 heavy (non-hydrogen) atoms. The summed E-state index contributed by atoms with van der Waals surface area (Å²) in [5.41, 5.74) is 1.82. The van der Waals surface area contributed by atoms with Crippen LogP contribution in [0, 0.1) is 0 Å². The molecule has 0 atom stereocenters. The van der Waals surface area contributed by atoms with Crippen molar-refractivity contribution in [2.75, 3.05) is 37.6 Å². The van der Waals surface area contributed by atoms with E-state index in [1.165, 1.54) is 7.11 Å². The molecule has 0 radical (unpaired) electrons. The first kappa shape index (κ1) is 23.7. The summed E-state index contributed by atoms with van der Waals surface area (Å²) >= 11 is 0. The molecule has 10 nitrogen and oxygen atoms in total. The summed E-state index contributed by atoms with van der Waals surface area (Å²) < 4.78 is 20.5. The minimum atomic E-state index is -0.602. The van der Waals surface area contributed by atoms with Crippen molar-refractivity contribution in [1.29, 1.82) is 0 Å². The van der Waals surface area contributed by atoms with Gasteiger partial charge in [-0.25, -0.2) is 4.79 Å². The Bertz CT molecular complexity index is 1050. The highest BCUT2D eigenvalue weighted by Gasteiger charge is 2.12. The highest BCUT2D eigenvalue weighted by Crippen LogP contribution is 2.20. The van der Waals surface area contributed by atoms with Gasteiger partial charge in [0.1, 0.15) is 12.4 Å². The molecule has 0 fully saturated rings. The Morgan fingerprint density at radius 1 is 1.03 bits per heavy atom. The second kappa shape index (κ2) is 12.2. The molecule has 10 heteroatoms. The summed E-state index contributed by atoms with van der Waals surface area (Å²) in [5, 5.41) is 9.34. The Morgan fingerprint density at radius 3 is 2.52 bits per heavy atom. The molecule has 0 spiro atoms. The van der Waals surface area contributed by atoms with Crippen molar-refractivity contribution in [2.45, 2.75) is 19.8 Å². The number of carbonyl (C=O) groups is 2. The van der Waals surface area contributed by atoms with E-state index in [0.717, 1.165) is 11.3 Å². The summed E-state index contributed by atoms with van der Waals surface area (Å²) in [7, 11) is 1.52. The molecule has 1 aromatic heterocycles. The maximum Gasteiger partial charge on any atom is 0.411 e. The van der Waals surface area contributed by atoms with Gasteiger partial charge in [0.15, 0.2) is 0 Å². The number of ether oxygens (including phenoxy) is 3. The third-order valence-corrected chi connectivity index (χ3v) is 4.37. The molecule has 3 aromatic rings. The Hall–Kier alpha value is -3.92. The standard InChI is InChI=1S/C23H26N4O6/c1-3-31-19-9-7-16(8-10-19)22-26-21(33-27-22)12-11-20(28)24-17-5-4-6-18(15-17)25-23(29)32-14-13-30-2/h4-10,15H,3,11-14H2,1-2H3,(H,24,28)(H,25,29). The van der Waals surface area contributed by atoms with Gasteiger partial charge < -0.3 is 24.1 Å². The van der Waals surface area contributed by atoms with Crippen molar-refractivity contribution in [1.82, 2.24) is 10.1 Å². The molecular formula is C23H26N4O6. The third-order valence-electron chi connectivity index (χ3n) is 4.37. The number of hydrogen-bond donors (Lipinski definition) is 2. The number of amides is 2. The number of aromatic nitrogens is 2. The molecule has 3 rings (SSSR count). The lowest BCUT2D eigenvalue weighted by atomic mass is 10.2. The number of methoxy groups -OCH3 is 1. The molecular weight excluding hydrogens is 428 g/mol. The summed E-state index contributed by atoms with van der Waals surface area (Å²) in [6, 6.07) is 14.1. The minimum absolute atomic E-state index is 0.148. The Kier molecular flexibility index (Phi) is 8.78. The Labute approximate surface area is 191 Å². The number of anilines is 2. The number of rotatable bonds is 11. The maximum absolute atomic E-state index is 12.3. The average molecular weight is 454 g/mol. The second-order valence-electron chi connectivity index (χ2n) is 6.85. The van der Waals surface area contributed by atoms with Crippen LogP contribution in [-0.4, -0.2) is 49.1 Å². The first-order valence-corrected chi connectivity index (χ1v) is 10.5. The summed E-state index contributed by atoms with van der Waals surface area (Å²) in [6.07, 6.45) is -0.156. The fraction of sp³-hybridized carbons (Fsp3) is 0.304. The minimum Gasteiger partial charge on any atom is -0.494 e. The monoisotopic (exact) mass is 454 g/mol. The van der Waals surface area contributed by atoms with Gasteiger partial charge in [-0.2, -0.15) is 4.98 Å². The van der Waals surface area contributed by atoms with E-state index in [2.05, 4.69) is 20.8 Å². The van der Waals surface area contributed by atoms with Crippen molar-refractivity contribution < 1.29 is 28.3 Å². The van der Waals surface area contributed by atoms with Crippen LogP contribution in [0.4, 0.5) is 16.2 Å². The van der Waals surface area contributed by atoms with Crippen LogP contribution in [0.5, 0.6) is 5.75 Å². The molecule has 0 aliphatic heterocycles. The molecule has 0 saturated carbocycles. The van der Waals surface area contributed by atoms with Crippen LogP contribution in [0.25, 0.3) is 11.4 Å². The zero-order valence-corrected chi connectivity index (χ0v) is 18.5. The molecule has 0 unspecified atom stereocenters. The van der Waals surface area contributed by atoms with E-state index >= 15 is 0 Å². The van der Waals surface area contributed by atoms with Gasteiger partial charge in [-0.1, -0.05) is 11.2 Å². The maximum atomic E-state index is 12.3. The molecule has 174 valence electrons. The predicted molar refractivity (Wildman–Crippen MR) is 121 cm³/mol. The highest BCUT2D eigenvalue weighted by molar-refractivity contribution is 5.92. The molecule has 1 heterocycles. The number of aryl methyl sites for hydroxylation is 1. The highest BCUT2D eigenvalue weighted by atomic mass is 16.6. The van der Waals surface area contributed by atoms with Crippen LogP contribution in [0.3, 0.4) is 0 Å². The van der Waals surface area contributed by atoms with Crippen LogP contribution >= 0.6 is 0 Å². The van der Waals surface area contributed by atoms with Gasteiger partial charge in [-0.15, -0.1) is 0 Å². The van der Waals surface area contributed by atoms with Gasteiger partial charge in [0.25, 0.3) is 0 Å². The van der Waals surface area contributed by atoms with E-state index in [9.17, 15) is 9.59 Å². The fourth-order valence-corrected chi connectivity index (χ4v) is 2.83. The average Bonchev–Trinajstić information content (AvgIpc) is 3.28. The van der Waals surface area contributed by atoms with Gasteiger partial charge >= 0.3 is 6.09 Å². The molecule has 0 aliphatic carbocycles. The van der Waals surface area contributed by atoms with Crippen molar-refractivity contribution in [3.05, 3.63) is 54.4 Å². The van der Waals surface area contributed by atoms with Gasteiger partial charge in [-0.3, -0.25) is 10.1 Å². The topological polar surface area (TPSA) is 125 Å². The normalized spacial score (nSPS) is 10.5. The number of hydrogen-bond acceptors (Lipinski definition) is 8. The molecule has 2 N–H and O–H groups in total. The molecule has 0 aliphatic rings. The van der Waals surface area contributed by atoms with E-state index in [-0.39, 0.29) is 18.9 Å². The van der Waals surface area contributed by atoms with E-state index in [1.807, 2.05) is 31.2 Å². The molecule has 0 bridgehead atoms. The van der Waals surface area contributed by atoms with Crippen molar-refractivity contribution in [2.24, 2.45) is 0 Å². The summed E-state index contributed by atoms with van der Waals surface area (Å²) in [5.74, 6) is 1.35. The van der Waals surface area contributed by atoms with Crippen molar-refractivity contribution in [3.8, 4) is 17.1 Å². The van der Waals surface area contributed by atoms with Crippen LogP contribution in [-0.2, 0) is 20.7 Å². The zero-order chi connectivity index (χ0) is 23.5. The zero-order valence-electron chi connectivity index (χ0n) is 18.5. The Balaban J connectivity index is 1.48. The molecule has 2 aromatic carbocycles. The quantitative estimate of drug-likeness (QED) is 0.418. The van der Waals surface area contributed by atoms with Crippen LogP contribution in [0.2, 0.25) is 0 Å². The molecule has 0 saturated heterocycles. The number of benzene rings is 2. The lowest BCUT2D eigenvalue weighted by Gasteiger charge is -2.09. The largest absolute Gasteiger partial charge is 0.494 e. The van der Waals surface area contributed by atoms with Gasteiger partial charge in [0, 0.05) is 36.9 Å². The number of carbonyl (C=O) groups excluding carboxylic acids is 2. The van der Waals surface area contributed by atoms with Crippen LogP contribution in [0.1, 0.15) is 19.2 Å². The smallest absolute Gasteiger partial charge is 0.411 e. The second-order valence-corrected chi connectivity index (χ2v) is 6.85. The molecule has 2 amide bonds. The van der Waals surface area contributed by atoms with E-state index in [0.29, 0.717) is 42.7 Å². The fourth-order valence-electron chi connectivity index (χ4n) is 2.83. The predicted octanol–water partition coefficient (Wildman–Crippen LogP) is 3.90. The van der Waals surface area contributed by atoms with Crippen LogP contribution < -0.4 is 15.4 Å². The first-order valence-electron chi connectivity index (χ1n) is 10.5. The van der Waals surface area contributed by atoms with Crippen molar-refractivity contribution in [3.63, 3.8) is 0 Å². The van der Waals surface area contributed by atoms with Gasteiger partial charge in [-0.05, 0) is 49.4 Å². The summed E-state index contributed by atoms with van der Waals surface area (Å²) in [4.78, 5) is 28.4. The SMILES string of the molecule is CCOc1ccc(-c2noc(CCC(=O)Nc3cccc(NC(=O)OCCOC)c3)n2)cc1. The lowest BCUT2D eigenvalue weighted by Crippen LogP contribution is -2.17. The van der Waals surface area contributed by atoms with E-state index in [4.69, 9.17) is 18.7 Å². The number of nitrogens with zero attached hydrogens (tertiary/aromatic N) is 2. The van der Waals surface area contributed by atoms with E-state index < -0.39 is 6.09 Å². The van der Waals surface area contributed by atoms with Gasteiger partial charge in [0.05, 0.1) is 13.2 Å². The number of nitrogens with one attached hydrogen (secondary N) is 2. The van der Waals surface area contributed by atoms with Gasteiger partial charge in [0.2, 0.25) is 17.6 Å². The summed E-state index contributed by atoms with van der Waals surface area (Å²) in [6.45, 7) is 2.97. The van der Waals surface area contributed by atoms with Crippen molar-refractivity contribution >= 4 is 23.4 Å². The Morgan fingerprint density at radius 2 is 1.79 bits per heavy atom. The van der Waals surface area contributed by atoms with E-state index in [1.54, 1.807) is 24.3 Å².